The van der Waals surface area contributed by atoms with E-state index in [-0.39, 0.29) is 0 Å². The van der Waals surface area contributed by atoms with Gasteiger partial charge in [0.25, 0.3) is 0 Å². The molecule has 0 radical (unpaired) electrons. The van der Waals surface area contributed by atoms with Crippen LogP contribution < -0.4 is 0 Å². The molecule has 10 rings (SSSR count). The molecule has 4 aromatic carbocycles. The third kappa shape index (κ3) is 2.68. The van der Waals surface area contributed by atoms with Gasteiger partial charge >= 0.3 is 0 Å². The van der Waals surface area contributed by atoms with Crippen LogP contribution in [0.15, 0.2) is 116 Å². The average molecular weight is 524 g/mol. The van der Waals surface area contributed by atoms with Gasteiger partial charge in [-0.2, -0.15) is 0 Å². The largest absolute Gasteiger partial charge is 0.309 e. The molecule has 0 aliphatic heterocycles. The first-order valence-corrected chi connectivity index (χ1v) is 13.9. The lowest BCUT2D eigenvalue weighted by Gasteiger charge is -2.11. The van der Waals surface area contributed by atoms with Crippen molar-refractivity contribution in [2.45, 2.75) is 6.42 Å². The number of hydrogen-bond donors (Lipinski definition) is 0. The lowest BCUT2D eigenvalue weighted by molar-refractivity contribution is 1.18. The SMILES string of the molecule is c1ccc(-n2c3cc4c(cc3c3c5c6cnccc6n6c7cnccc7nc6c5ccc32)Cc2ccccc2-4)cc1. The molecule has 0 spiro atoms. The molecular weight excluding hydrogens is 502 g/mol. The predicted molar refractivity (Wildman–Crippen MR) is 166 cm³/mol. The van der Waals surface area contributed by atoms with Crippen LogP contribution in [0.5, 0.6) is 0 Å². The van der Waals surface area contributed by atoms with Crippen LogP contribution in [0, 0.1) is 0 Å². The molecule has 0 bridgehead atoms. The Morgan fingerprint density at radius 2 is 1.41 bits per heavy atom. The van der Waals surface area contributed by atoms with Crippen molar-refractivity contribution in [2.75, 3.05) is 0 Å². The first-order chi connectivity index (χ1) is 20.3. The van der Waals surface area contributed by atoms with Crippen molar-refractivity contribution < 1.29 is 0 Å². The fourth-order valence-electron chi connectivity index (χ4n) is 7.18. The summed E-state index contributed by atoms with van der Waals surface area (Å²) >= 11 is 0. The molecule has 0 amide bonds. The Balaban J connectivity index is 1.47. The summed E-state index contributed by atoms with van der Waals surface area (Å²) in [5.74, 6) is 0. The molecule has 9 aromatic rings. The Morgan fingerprint density at radius 3 is 2.37 bits per heavy atom. The molecule has 5 aromatic heterocycles. The molecular formula is C36H21N5. The van der Waals surface area contributed by atoms with Gasteiger partial charge in [-0.05, 0) is 77.2 Å². The van der Waals surface area contributed by atoms with Gasteiger partial charge in [-0.15, -0.1) is 0 Å². The average Bonchev–Trinajstić information content (AvgIpc) is 3.69. The second-order valence-corrected chi connectivity index (χ2v) is 10.9. The fraction of sp³-hybridized carbons (Fsp3) is 0.0278. The topological polar surface area (TPSA) is 48.0 Å². The molecule has 1 aliphatic carbocycles. The highest BCUT2D eigenvalue weighted by molar-refractivity contribution is 6.30. The van der Waals surface area contributed by atoms with Gasteiger partial charge in [0.05, 0.1) is 33.8 Å². The quantitative estimate of drug-likeness (QED) is 0.204. The lowest BCUT2D eigenvalue weighted by atomic mass is 9.98. The maximum Gasteiger partial charge on any atom is 0.146 e. The zero-order chi connectivity index (χ0) is 26.7. The number of pyridine rings is 3. The van der Waals surface area contributed by atoms with E-state index >= 15 is 0 Å². The summed E-state index contributed by atoms with van der Waals surface area (Å²) in [7, 11) is 0. The molecule has 0 atom stereocenters. The van der Waals surface area contributed by atoms with Crippen LogP contribution in [0.4, 0.5) is 0 Å². The summed E-state index contributed by atoms with van der Waals surface area (Å²) in [5.41, 5.74) is 13.0. The minimum atomic E-state index is 0.938. The van der Waals surface area contributed by atoms with Crippen LogP contribution >= 0.6 is 0 Å². The van der Waals surface area contributed by atoms with Gasteiger partial charge in [0.1, 0.15) is 5.65 Å². The third-order valence-corrected chi connectivity index (χ3v) is 8.86. The van der Waals surface area contributed by atoms with E-state index in [1.807, 2.05) is 30.9 Å². The molecule has 0 fully saturated rings. The Labute approximate surface area is 234 Å². The van der Waals surface area contributed by atoms with Crippen molar-refractivity contribution in [3.05, 3.63) is 127 Å². The number of imidazole rings is 1. The molecule has 5 heteroatoms. The van der Waals surface area contributed by atoms with E-state index < -0.39 is 0 Å². The Kier molecular flexibility index (Phi) is 3.92. The maximum absolute atomic E-state index is 5.13. The minimum absolute atomic E-state index is 0.938. The standard InChI is InChI=1S/C36H21N5/c1-2-7-23(8-3-1)40-31-11-10-25-34(28-19-37-15-13-30(28)41-33-20-38-14-12-29(33)39-36(25)41)35(31)27-17-22-16-21-6-4-5-9-24(21)26(22)18-32(27)40/h1-15,17-20H,16H2. The molecule has 0 saturated carbocycles. The summed E-state index contributed by atoms with van der Waals surface area (Å²) in [6.45, 7) is 0. The van der Waals surface area contributed by atoms with Crippen molar-refractivity contribution in [3.63, 3.8) is 0 Å². The Hall–Kier alpha value is -5.55. The van der Waals surface area contributed by atoms with Crippen molar-refractivity contribution >= 4 is 60.2 Å². The van der Waals surface area contributed by atoms with E-state index in [0.29, 0.717) is 0 Å². The number of aromatic nitrogens is 5. The first kappa shape index (κ1) is 21.3. The zero-order valence-electron chi connectivity index (χ0n) is 21.9. The van der Waals surface area contributed by atoms with Crippen LogP contribution in [0.3, 0.4) is 0 Å². The van der Waals surface area contributed by atoms with Gasteiger partial charge < -0.3 is 4.57 Å². The van der Waals surface area contributed by atoms with Crippen LogP contribution in [0.25, 0.3) is 77.0 Å². The third-order valence-electron chi connectivity index (χ3n) is 8.86. The summed E-state index contributed by atoms with van der Waals surface area (Å²) in [4.78, 5) is 14.2. The molecule has 5 heterocycles. The molecule has 0 N–H and O–H groups in total. The van der Waals surface area contributed by atoms with E-state index in [2.05, 4.69) is 104 Å². The number of hydrogen-bond acceptors (Lipinski definition) is 3. The van der Waals surface area contributed by atoms with Crippen molar-refractivity contribution in [1.82, 2.24) is 23.9 Å². The molecule has 5 nitrogen and oxygen atoms in total. The summed E-state index contributed by atoms with van der Waals surface area (Å²) in [6.07, 6.45) is 8.54. The van der Waals surface area contributed by atoms with Gasteiger partial charge in [-0.3, -0.25) is 14.4 Å². The number of para-hydroxylation sites is 1. The molecule has 41 heavy (non-hydrogen) atoms. The van der Waals surface area contributed by atoms with E-state index in [9.17, 15) is 0 Å². The highest BCUT2D eigenvalue weighted by Crippen LogP contribution is 2.45. The summed E-state index contributed by atoms with van der Waals surface area (Å²) < 4.78 is 4.65. The predicted octanol–water partition coefficient (Wildman–Crippen LogP) is 8.25. The minimum Gasteiger partial charge on any atom is -0.309 e. The number of fused-ring (bicyclic) bond motifs is 15. The highest BCUT2D eigenvalue weighted by atomic mass is 15.0. The number of rotatable bonds is 1. The summed E-state index contributed by atoms with van der Waals surface area (Å²) in [5, 5.41) is 5.92. The summed E-state index contributed by atoms with van der Waals surface area (Å²) in [6, 6.07) is 32.9. The van der Waals surface area contributed by atoms with Crippen molar-refractivity contribution in [1.29, 1.82) is 0 Å². The van der Waals surface area contributed by atoms with Crippen molar-refractivity contribution in [2.24, 2.45) is 0 Å². The first-order valence-electron chi connectivity index (χ1n) is 13.9. The van der Waals surface area contributed by atoms with Gasteiger partial charge in [0, 0.05) is 51.2 Å². The van der Waals surface area contributed by atoms with Crippen molar-refractivity contribution in [3.8, 4) is 16.8 Å². The van der Waals surface area contributed by atoms with Crippen LogP contribution in [-0.2, 0) is 6.42 Å². The fourth-order valence-corrected chi connectivity index (χ4v) is 7.18. The lowest BCUT2D eigenvalue weighted by Crippen LogP contribution is -1.95. The van der Waals surface area contributed by atoms with E-state index in [1.165, 1.54) is 49.4 Å². The smallest absolute Gasteiger partial charge is 0.146 e. The highest BCUT2D eigenvalue weighted by Gasteiger charge is 2.24. The van der Waals surface area contributed by atoms with Gasteiger partial charge in [-0.25, -0.2) is 4.98 Å². The van der Waals surface area contributed by atoms with Crippen LogP contribution in [-0.4, -0.2) is 23.9 Å². The van der Waals surface area contributed by atoms with E-state index in [1.54, 1.807) is 0 Å². The molecule has 1 aliphatic rings. The van der Waals surface area contributed by atoms with E-state index in [0.717, 1.165) is 45.1 Å². The van der Waals surface area contributed by atoms with Gasteiger partial charge in [0.2, 0.25) is 0 Å². The molecule has 0 saturated heterocycles. The van der Waals surface area contributed by atoms with Crippen LogP contribution in [0.1, 0.15) is 11.1 Å². The second kappa shape index (κ2) is 7.55. The number of benzene rings is 4. The number of nitrogens with zero attached hydrogens (tertiary/aromatic N) is 5. The van der Waals surface area contributed by atoms with Crippen LogP contribution in [0.2, 0.25) is 0 Å². The van der Waals surface area contributed by atoms with E-state index in [4.69, 9.17) is 4.98 Å². The van der Waals surface area contributed by atoms with Gasteiger partial charge in [0.15, 0.2) is 0 Å². The normalized spacial score (nSPS) is 12.8. The maximum atomic E-state index is 5.13. The molecule has 0 unspecified atom stereocenters. The Morgan fingerprint density at radius 1 is 0.561 bits per heavy atom. The molecule has 190 valence electrons. The Bertz CT molecular complexity index is 2550. The monoisotopic (exact) mass is 523 g/mol. The zero-order valence-corrected chi connectivity index (χ0v) is 21.9. The second-order valence-electron chi connectivity index (χ2n) is 10.9. The van der Waals surface area contributed by atoms with Gasteiger partial charge in [-0.1, -0.05) is 42.5 Å².